The van der Waals surface area contributed by atoms with E-state index < -0.39 is 5.97 Å². The standard InChI is InChI=1S/C10H12N4O2.ClH/c1-16-9(15)8-4-2-3-7(5-8)6-13-14-10(11)12;/h2-6H,1H3,(H4,11,12,14);1H/b13-6+;. The summed E-state index contributed by atoms with van der Waals surface area (Å²) < 4.78 is 4.58. The first-order valence-electron chi connectivity index (χ1n) is 4.44. The normalized spacial score (nSPS) is 9.47. The van der Waals surface area contributed by atoms with Gasteiger partial charge in [0.25, 0.3) is 0 Å². The molecule has 1 aromatic rings. The van der Waals surface area contributed by atoms with Gasteiger partial charge >= 0.3 is 5.97 Å². The Morgan fingerprint density at radius 2 is 2.12 bits per heavy atom. The predicted octanol–water partition coefficient (Wildman–Crippen LogP) is 0.502. The Bertz CT molecular complexity index is 442. The minimum Gasteiger partial charge on any atom is -0.465 e. The molecule has 0 aliphatic carbocycles. The van der Waals surface area contributed by atoms with Gasteiger partial charge in [-0.15, -0.1) is 17.5 Å². The van der Waals surface area contributed by atoms with Gasteiger partial charge in [0.15, 0.2) is 0 Å². The van der Waals surface area contributed by atoms with Crippen LogP contribution >= 0.6 is 12.4 Å². The molecule has 0 saturated carbocycles. The molecule has 1 aromatic carbocycles. The average Bonchev–Trinajstić information content (AvgIpc) is 2.28. The second-order valence-corrected chi connectivity index (χ2v) is 2.89. The maximum absolute atomic E-state index is 11.2. The summed E-state index contributed by atoms with van der Waals surface area (Å²) in [6.07, 6.45) is 1.44. The molecule has 4 N–H and O–H groups in total. The van der Waals surface area contributed by atoms with Crippen LogP contribution in [0.5, 0.6) is 0 Å². The van der Waals surface area contributed by atoms with E-state index in [-0.39, 0.29) is 18.4 Å². The molecule has 1 rings (SSSR count). The SMILES string of the molecule is COC(=O)c1cccc(/C=N/N=C(N)N)c1.Cl. The van der Waals surface area contributed by atoms with Crippen molar-refractivity contribution in [3.8, 4) is 0 Å². The number of guanidine groups is 1. The molecule has 0 spiro atoms. The molecule has 6 nitrogen and oxygen atoms in total. The van der Waals surface area contributed by atoms with Crippen LogP contribution in [0.1, 0.15) is 15.9 Å². The van der Waals surface area contributed by atoms with Gasteiger partial charge in [-0.1, -0.05) is 12.1 Å². The highest BCUT2D eigenvalue weighted by Gasteiger charge is 2.03. The van der Waals surface area contributed by atoms with Crippen molar-refractivity contribution in [1.29, 1.82) is 0 Å². The van der Waals surface area contributed by atoms with Gasteiger partial charge in [0.05, 0.1) is 18.9 Å². The fourth-order valence-corrected chi connectivity index (χ4v) is 1.03. The lowest BCUT2D eigenvalue weighted by Crippen LogP contribution is -2.21. The Morgan fingerprint density at radius 3 is 2.71 bits per heavy atom. The van der Waals surface area contributed by atoms with E-state index in [0.717, 1.165) is 0 Å². The third-order valence-electron chi connectivity index (χ3n) is 1.69. The molecule has 92 valence electrons. The Morgan fingerprint density at radius 1 is 1.41 bits per heavy atom. The van der Waals surface area contributed by atoms with Crippen LogP contribution in [-0.2, 0) is 4.74 Å². The number of esters is 1. The summed E-state index contributed by atoms with van der Waals surface area (Å²) in [6, 6.07) is 6.74. The van der Waals surface area contributed by atoms with Crippen LogP contribution in [0.4, 0.5) is 0 Å². The van der Waals surface area contributed by atoms with Crippen molar-refractivity contribution in [3.05, 3.63) is 35.4 Å². The first-order valence-corrected chi connectivity index (χ1v) is 4.44. The lowest BCUT2D eigenvalue weighted by atomic mass is 10.1. The van der Waals surface area contributed by atoms with Crippen LogP contribution in [0.2, 0.25) is 0 Å². The van der Waals surface area contributed by atoms with Crippen LogP contribution in [0, 0.1) is 0 Å². The van der Waals surface area contributed by atoms with E-state index in [2.05, 4.69) is 14.9 Å². The number of carbonyl (C=O) groups excluding carboxylic acids is 1. The fourth-order valence-electron chi connectivity index (χ4n) is 1.03. The summed E-state index contributed by atoms with van der Waals surface area (Å²) in [4.78, 5) is 11.2. The Balaban J connectivity index is 0.00000256. The van der Waals surface area contributed by atoms with Gasteiger partial charge in [0.2, 0.25) is 5.96 Å². The van der Waals surface area contributed by atoms with E-state index in [9.17, 15) is 4.79 Å². The number of ether oxygens (including phenoxy) is 1. The zero-order chi connectivity index (χ0) is 12.0. The summed E-state index contributed by atoms with van der Waals surface area (Å²) in [7, 11) is 1.32. The first kappa shape index (κ1) is 14.9. The highest BCUT2D eigenvalue weighted by molar-refractivity contribution is 5.92. The molecular formula is C10H13ClN4O2. The number of nitrogens with two attached hydrogens (primary N) is 2. The van der Waals surface area contributed by atoms with E-state index in [1.165, 1.54) is 13.3 Å². The third kappa shape index (κ3) is 4.98. The van der Waals surface area contributed by atoms with Gasteiger partial charge < -0.3 is 16.2 Å². The Labute approximate surface area is 105 Å². The van der Waals surface area contributed by atoms with E-state index in [1.54, 1.807) is 24.3 Å². The second kappa shape index (κ2) is 7.24. The molecule has 0 amide bonds. The number of benzene rings is 1. The molecule has 0 saturated heterocycles. The zero-order valence-electron chi connectivity index (χ0n) is 9.16. The van der Waals surface area contributed by atoms with Crippen molar-refractivity contribution in [2.75, 3.05) is 7.11 Å². The number of hydrogen-bond acceptors (Lipinski definition) is 4. The lowest BCUT2D eigenvalue weighted by Gasteiger charge is -1.99. The van der Waals surface area contributed by atoms with E-state index in [0.29, 0.717) is 11.1 Å². The van der Waals surface area contributed by atoms with Crippen LogP contribution in [-0.4, -0.2) is 25.3 Å². The van der Waals surface area contributed by atoms with Crippen molar-refractivity contribution < 1.29 is 9.53 Å². The molecule has 0 bridgehead atoms. The summed E-state index contributed by atoms with van der Waals surface area (Å²) in [6.45, 7) is 0. The minimum absolute atomic E-state index is 0. The number of carbonyl (C=O) groups is 1. The van der Waals surface area contributed by atoms with E-state index >= 15 is 0 Å². The van der Waals surface area contributed by atoms with Gasteiger partial charge in [-0.25, -0.2) is 4.79 Å². The van der Waals surface area contributed by atoms with Crippen LogP contribution in [0.15, 0.2) is 34.5 Å². The summed E-state index contributed by atoms with van der Waals surface area (Å²) in [5.41, 5.74) is 11.3. The number of methoxy groups -OCH3 is 1. The van der Waals surface area contributed by atoms with Crippen LogP contribution in [0.25, 0.3) is 0 Å². The maximum atomic E-state index is 11.2. The van der Waals surface area contributed by atoms with Crippen LogP contribution < -0.4 is 11.5 Å². The largest absolute Gasteiger partial charge is 0.465 e. The smallest absolute Gasteiger partial charge is 0.337 e. The van der Waals surface area contributed by atoms with Gasteiger partial charge in [0, 0.05) is 0 Å². The molecule has 0 unspecified atom stereocenters. The van der Waals surface area contributed by atoms with Crippen molar-refractivity contribution in [2.24, 2.45) is 21.7 Å². The topological polar surface area (TPSA) is 103 Å². The average molecular weight is 257 g/mol. The lowest BCUT2D eigenvalue weighted by molar-refractivity contribution is 0.0600. The van der Waals surface area contributed by atoms with Gasteiger partial charge in [0.1, 0.15) is 0 Å². The highest BCUT2D eigenvalue weighted by atomic mass is 35.5. The first-order chi connectivity index (χ1) is 7.63. The molecule has 0 aliphatic heterocycles. The van der Waals surface area contributed by atoms with Crippen molar-refractivity contribution in [3.63, 3.8) is 0 Å². The van der Waals surface area contributed by atoms with Crippen molar-refractivity contribution >= 4 is 30.6 Å². The molecule has 0 atom stereocenters. The number of rotatable bonds is 3. The number of hydrogen-bond donors (Lipinski definition) is 2. The van der Waals surface area contributed by atoms with Gasteiger partial charge in [-0.05, 0) is 17.7 Å². The van der Waals surface area contributed by atoms with E-state index in [4.69, 9.17) is 11.5 Å². The summed E-state index contributed by atoms with van der Waals surface area (Å²) >= 11 is 0. The van der Waals surface area contributed by atoms with Crippen molar-refractivity contribution in [1.82, 2.24) is 0 Å². The molecule has 0 heterocycles. The molecule has 0 fully saturated rings. The summed E-state index contributed by atoms with van der Waals surface area (Å²) in [5.74, 6) is -0.530. The zero-order valence-corrected chi connectivity index (χ0v) is 9.98. The fraction of sp³-hybridized carbons (Fsp3) is 0.100. The minimum atomic E-state index is -0.405. The maximum Gasteiger partial charge on any atom is 0.337 e. The van der Waals surface area contributed by atoms with E-state index in [1.807, 2.05) is 0 Å². The second-order valence-electron chi connectivity index (χ2n) is 2.89. The predicted molar refractivity (Wildman–Crippen MR) is 68.4 cm³/mol. The Kier molecular flexibility index (Phi) is 6.35. The molecular weight excluding hydrogens is 244 g/mol. The van der Waals surface area contributed by atoms with Gasteiger partial charge in [-0.2, -0.15) is 5.10 Å². The third-order valence-corrected chi connectivity index (χ3v) is 1.69. The molecule has 17 heavy (non-hydrogen) atoms. The molecule has 0 aromatic heterocycles. The molecule has 0 radical (unpaired) electrons. The molecule has 0 aliphatic rings. The quantitative estimate of drug-likeness (QED) is 0.356. The number of nitrogens with zero attached hydrogens (tertiary/aromatic N) is 2. The number of halogens is 1. The highest BCUT2D eigenvalue weighted by Crippen LogP contribution is 2.04. The van der Waals surface area contributed by atoms with Gasteiger partial charge in [-0.3, -0.25) is 0 Å². The van der Waals surface area contributed by atoms with Crippen LogP contribution in [0.3, 0.4) is 0 Å². The summed E-state index contributed by atoms with van der Waals surface area (Å²) in [5, 5.41) is 7.07. The monoisotopic (exact) mass is 256 g/mol. The molecule has 7 heteroatoms. The Hall–Kier alpha value is -2.08. The van der Waals surface area contributed by atoms with Crippen molar-refractivity contribution in [2.45, 2.75) is 0 Å².